The van der Waals surface area contributed by atoms with Crippen molar-refractivity contribution in [2.75, 3.05) is 19.5 Å². The minimum Gasteiger partial charge on any atom is -0.373 e. The monoisotopic (exact) mass is 134 g/mol. The number of aliphatic imine (C=N–C) groups is 1. The van der Waals surface area contributed by atoms with Gasteiger partial charge < -0.3 is 5.32 Å². The summed E-state index contributed by atoms with van der Waals surface area (Å²) in [6.45, 7) is 2.71. The molecule has 8 heavy (non-hydrogen) atoms. The zero-order chi connectivity index (χ0) is 6.41. The first kappa shape index (κ1) is 7.76. The van der Waals surface area contributed by atoms with Crippen molar-refractivity contribution >= 4 is 17.4 Å². The first-order valence-corrected chi connectivity index (χ1v) is 3.08. The Morgan fingerprint density at radius 3 is 2.75 bits per heavy atom. The predicted octanol–water partition coefficient (Wildman–Crippen LogP) is 0.863. The molecule has 0 amide bonds. The molecule has 0 saturated heterocycles. The van der Waals surface area contributed by atoms with Crippen LogP contribution in [0.3, 0.4) is 0 Å². The highest BCUT2D eigenvalue weighted by atomic mass is 35.5. The third kappa shape index (κ3) is 3.93. The number of nitrogens with zero attached hydrogens (tertiary/aromatic N) is 1. The maximum atomic E-state index is 5.39. The maximum absolute atomic E-state index is 5.39. The van der Waals surface area contributed by atoms with Gasteiger partial charge in [0.2, 0.25) is 0 Å². The molecule has 0 aromatic rings. The molecule has 48 valence electrons. The van der Waals surface area contributed by atoms with Crippen LogP contribution in [0.25, 0.3) is 0 Å². The van der Waals surface area contributed by atoms with E-state index in [1.165, 1.54) is 0 Å². The zero-order valence-corrected chi connectivity index (χ0v) is 6.00. The van der Waals surface area contributed by atoms with Crippen molar-refractivity contribution in [1.29, 1.82) is 0 Å². The van der Waals surface area contributed by atoms with Crippen LogP contribution >= 0.6 is 11.6 Å². The van der Waals surface area contributed by atoms with Gasteiger partial charge in [-0.15, -0.1) is 11.6 Å². The van der Waals surface area contributed by atoms with E-state index in [2.05, 4.69) is 10.3 Å². The standard InChI is InChI=1S/C5H11ClN2/c1-5(7-2)8-4-3-6/h3-4H2,1-2H3,(H,7,8). The molecular weight excluding hydrogens is 124 g/mol. The van der Waals surface area contributed by atoms with Gasteiger partial charge in [-0.3, -0.25) is 4.99 Å². The van der Waals surface area contributed by atoms with Crippen LogP contribution in [0.4, 0.5) is 0 Å². The van der Waals surface area contributed by atoms with Crippen molar-refractivity contribution in [3.63, 3.8) is 0 Å². The lowest BCUT2D eigenvalue weighted by Crippen LogP contribution is -2.22. The van der Waals surface area contributed by atoms with Gasteiger partial charge in [0.15, 0.2) is 0 Å². The Hall–Kier alpha value is -0.240. The first-order chi connectivity index (χ1) is 3.81. The van der Waals surface area contributed by atoms with Crippen molar-refractivity contribution in [3.8, 4) is 0 Å². The predicted molar refractivity (Wildman–Crippen MR) is 37.8 cm³/mol. The lowest BCUT2D eigenvalue weighted by Gasteiger charge is -1.98. The summed E-state index contributed by atoms with van der Waals surface area (Å²) >= 11 is 5.39. The second kappa shape index (κ2) is 4.91. The van der Waals surface area contributed by atoms with Crippen molar-refractivity contribution in [3.05, 3.63) is 0 Å². The van der Waals surface area contributed by atoms with Gasteiger partial charge in [-0.2, -0.15) is 0 Å². The number of halogens is 1. The molecule has 0 aromatic carbocycles. The van der Waals surface area contributed by atoms with Gasteiger partial charge in [0.25, 0.3) is 0 Å². The second-order valence-corrected chi connectivity index (χ2v) is 1.80. The molecule has 1 N–H and O–H groups in total. The summed E-state index contributed by atoms with van der Waals surface area (Å²) in [6.07, 6.45) is 0. The SMILES string of the molecule is CN=C(C)NCCCl. The number of amidine groups is 1. The molecule has 0 aliphatic rings. The molecule has 0 fully saturated rings. The number of hydrogen-bond acceptors (Lipinski definition) is 1. The molecule has 0 rings (SSSR count). The van der Waals surface area contributed by atoms with E-state index in [4.69, 9.17) is 11.6 Å². The Morgan fingerprint density at radius 1 is 1.75 bits per heavy atom. The highest BCUT2D eigenvalue weighted by molar-refractivity contribution is 6.18. The van der Waals surface area contributed by atoms with Gasteiger partial charge in [0, 0.05) is 19.5 Å². The van der Waals surface area contributed by atoms with Gasteiger partial charge >= 0.3 is 0 Å². The third-order valence-corrected chi connectivity index (χ3v) is 1.000. The molecule has 0 radical (unpaired) electrons. The quantitative estimate of drug-likeness (QED) is 0.338. The number of nitrogens with one attached hydrogen (secondary N) is 1. The first-order valence-electron chi connectivity index (χ1n) is 2.54. The minimum absolute atomic E-state index is 0.632. The molecule has 3 heteroatoms. The van der Waals surface area contributed by atoms with Crippen LogP contribution in [-0.4, -0.2) is 25.3 Å². The molecule has 0 aliphatic heterocycles. The summed E-state index contributed by atoms with van der Waals surface area (Å²) in [4.78, 5) is 3.87. The van der Waals surface area contributed by atoms with E-state index in [1.54, 1.807) is 7.05 Å². The normalized spacial score (nSPS) is 11.6. The average Bonchev–Trinajstić information content (AvgIpc) is 1.83. The highest BCUT2D eigenvalue weighted by Gasteiger charge is 1.82. The van der Waals surface area contributed by atoms with Crippen LogP contribution in [0.1, 0.15) is 6.92 Å². The summed E-state index contributed by atoms with van der Waals surface area (Å²) in [5.41, 5.74) is 0. The van der Waals surface area contributed by atoms with Crippen molar-refractivity contribution in [1.82, 2.24) is 5.32 Å². The molecule has 0 saturated carbocycles. The van der Waals surface area contributed by atoms with Crippen LogP contribution in [0, 0.1) is 0 Å². The van der Waals surface area contributed by atoms with Gasteiger partial charge in [-0.1, -0.05) is 0 Å². The van der Waals surface area contributed by atoms with Crippen molar-refractivity contribution in [2.45, 2.75) is 6.92 Å². The van der Waals surface area contributed by atoms with Crippen LogP contribution < -0.4 is 5.32 Å². The lowest BCUT2D eigenvalue weighted by molar-refractivity contribution is 0.962. The summed E-state index contributed by atoms with van der Waals surface area (Å²) in [7, 11) is 1.75. The minimum atomic E-state index is 0.632. The lowest BCUT2D eigenvalue weighted by atomic mass is 10.6. The third-order valence-electron chi connectivity index (χ3n) is 0.811. The summed E-state index contributed by atoms with van der Waals surface area (Å²) in [5.74, 6) is 1.57. The van der Waals surface area contributed by atoms with Crippen LogP contribution in [0.2, 0.25) is 0 Å². The summed E-state index contributed by atoms with van der Waals surface area (Å²) in [6, 6.07) is 0. The maximum Gasteiger partial charge on any atom is 0.0928 e. The van der Waals surface area contributed by atoms with E-state index in [1.807, 2.05) is 6.92 Å². The van der Waals surface area contributed by atoms with Crippen molar-refractivity contribution < 1.29 is 0 Å². The molecule has 0 bridgehead atoms. The topological polar surface area (TPSA) is 24.4 Å². The Kier molecular flexibility index (Phi) is 4.76. The number of hydrogen-bond donors (Lipinski definition) is 1. The molecule has 2 nitrogen and oxygen atoms in total. The zero-order valence-electron chi connectivity index (χ0n) is 5.24. The Balaban J connectivity index is 3.12. The fraction of sp³-hybridized carbons (Fsp3) is 0.800. The number of rotatable bonds is 2. The van der Waals surface area contributed by atoms with Crippen molar-refractivity contribution in [2.24, 2.45) is 4.99 Å². The molecule has 0 unspecified atom stereocenters. The van der Waals surface area contributed by atoms with Crippen LogP contribution in [-0.2, 0) is 0 Å². The Morgan fingerprint density at radius 2 is 2.38 bits per heavy atom. The van der Waals surface area contributed by atoms with E-state index < -0.39 is 0 Å². The Labute approximate surface area is 54.9 Å². The smallest absolute Gasteiger partial charge is 0.0928 e. The second-order valence-electron chi connectivity index (χ2n) is 1.42. The van der Waals surface area contributed by atoms with Gasteiger partial charge in [-0.05, 0) is 6.92 Å². The molecule has 0 heterocycles. The van der Waals surface area contributed by atoms with E-state index >= 15 is 0 Å². The van der Waals surface area contributed by atoms with Gasteiger partial charge in [0.05, 0.1) is 5.84 Å². The van der Waals surface area contributed by atoms with E-state index in [0.29, 0.717) is 5.88 Å². The van der Waals surface area contributed by atoms with E-state index in [0.717, 1.165) is 12.4 Å². The van der Waals surface area contributed by atoms with E-state index in [9.17, 15) is 0 Å². The largest absolute Gasteiger partial charge is 0.373 e. The molecule has 0 spiro atoms. The molecular formula is C5H11ClN2. The van der Waals surface area contributed by atoms with Crippen LogP contribution in [0.5, 0.6) is 0 Å². The molecule has 0 atom stereocenters. The van der Waals surface area contributed by atoms with E-state index in [-0.39, 0.29) is 0 Å². The molecule has 0 aliphatic carbocycles. The molecule has 0 aromatic heterocycles. The van der Waals surface area contributed by atoms with Crippen LogP contribution in [0.15, 0.2) is 4.99 Å². The fourth-order valence-electron chi connectivity index (χ4n) is 0.307. The number of alkyl halides is 1. The van der Waals surface area contributed by atoms with Gasteiger partial charge in [-0.25, -0.2) is 0 Å². The fourth-order valence-corrected chi connectivity index (χ4v) is 0.402. The Bertz CT molecular complexity index is 80.5. The average molecular weight is 135 g/mol. The summed E-state index contributed by atoms with van der Waals surface area (Å²) < 4.78 is 0. The summed E-state index contributed by atoms with van der Waals surface area (Å²) in [5, 5.41) is 3.00. The highest BCUT2D eigenvalue weighted by Crippen LogP contribution is 1.71. The van der Waals surface area contributed by atoms with Gasteiger partial charge in [0.1, 0.15) is 0 Å².